The fourth-order valence-electron chi connectivity index (χ4n) is 2.12. The number of β-amino-alcohol motifs (C(OH)–C–C–N with tert-alkyl or cyclic N) is 1. The van der Waals surface area contributed by atoms with Gasteiger partial charge in [0.25, 0.3) is 0 Å². The van der Waals surface area contributed by atoms with Gasteiger partial charge in [-0.3, -0.25) is 9.69 Å². The monoisotopic (exact) mass is 257 g/mol. The first-order valence-corrected chi connectivity index (χ1v) is 6.74. The van der Waals surface area contributed by atoms with Crippen molar-refractivity contribution in [3.8, 4) is 0 Å². The summed E-state index contributed by atoms with van der Waals surface area (Å²) in [6, 6.07) is -0.443. The van der Waals surface area contributed by atoms with Crippen LogP contribution in [0.1, 0.15) is 27.2 Å². The van der Waals surface area contributed by atoms with Crippen molar-refractivity contribution in [2.24, 2.45) is 11.1 Å². The number of rotatable bonds is 3. The smallest absolute Gasteiger partial charge is 0.240 e. The van der Waals surface area contributed by atoms with Crippen molar-refractivity contribution in [1.29, 1.82) is 0 Å². The predicted octanol–water partition coefficient (Wildman–Crippen LogP) is -0.114. The zero-order chi connectivity index (χ0) is 13.8. The lowest BCUT2D eigenvalue weighted by Gasteiger charge is -2.31. The van der Waals surface area contributed by atoms with Gasteiger partial charge < -0.3 is 15.7 Å². The fraction of sp³-hybridized carbons (Fsp3) is 0.923. The van der Waals surface area contributed by atoms with Crippen LogP contribution >= 0.6 is 0 Å². The second-order valence-electron chi connectivity index (χ2n) is 6.09. The maximum Gasteiger partial charge on any atom is 0.240 e. The summed E-state index contributed by atoms with van der Waals surface area (Å²) in [5, 5.41) is 8.94. The van der Waals surface area contributed by atoms with Crippen molar-refractivity contribution in [2.75, 3.05) is 39.3 Å². The van der Waals surface area contributed by atoms with Crippen molar-refractivity contribution >= 4 is 5.91 Å². The molecule has 18 heavy (non-hydrogen) atoms. The predicted molar refractivity (Wildman–Crippen MR) is 72.2 cm³/mol. The number of aliphatic hydroxyl groups excluding tert-OH is 1. The molecule has 1 fully saturated rings. The number of hydrogen-bond donors (Lipinski definition) is 2. The van der Waals surface area contributed by atoms with Crippen LogP contribution in [0.4, 0.5) is 0 Å². The summed E-state index contributed by atoms with van der Waals surface area (Å²) in [7, 11) is 0. The van der Waals surface area contributed by atoms with Crippen LogP contribution in [0.25, 0.3) is 0 Å². The van der Waals surface area contributed by atoms with Gasteiger partial charge in [0.05, 0.1) is 12.6 Å². The molecule has 106 valence electrons. The first-order chi connectivity index (χ1) is 8.36. The maximum atomic E-state index is 12.3. The molecule has 0 aromatic rings. The number of aliphatic hydroxyl groups is 1. The minimum absolute atomic E-state index is 0.0494. The molecule has 1 saturated heterocycles. The van der Waals surface area contributed by atoms with Gasteiger partial charge in [0.15, 0.2) is 0 Å². The number of amides is 1. The van der Waals surface area contributed by atoms with E-state index in [2.05, 4.69) is 4.90 Å². The average molecular weight is 257 g/mol. The van der Waals surface area contributed by atoms with Crippen LogP contribution in [0.3, 0.4) is 0 Å². The van der Waals surface area contributed by atoms with Crippen LogP contribution in [0.15, 0.2) is 0 Å². The Hall–Kier alpha value is -0.650. The number of hydrogen-bond acceptors (Lipinski definition) is 4. The number of nitrogens with zero attached hydrogens (tertiary/aromatic N) is 2. The van der Waals surface area contributed by atoms with Crippen molar-refractivity contribution in [3.63, 3.8) is 0 Å². The number of carbonyl (C=O) groups excluding carboxylic acids is 1. The van der Waals surface area contributed by atoms with Gasteiger partial charge in [-0.2, -0.15) is 0 Å². The van der Waals surface area contributed by atoms with Crippen LogP contribution in [-0.4, -0.2) is 66.2 Å². The summed E-state index contributed by atoms with van der Waals surface area (Å²) >= 11 is 0. The first-order valence-electron chi connectivity index (χ1n) is 6.74. The topological polar surface area (TPSA) is 69.8 Å². The molecule has 1 amide bonds. The molecule has 1 heterocycles. The Kier molecular flexibility index (Phi) is 5.56. The largest absolute Gasteiger partial charge is 0.395 e. The van der Waals surface area contributed by atoms with Gasteiger partial charge in [0.1, 0.15) is 0 Å². The highest BCUT2D eigenvalue weighted by molar-refractivity contribution is 5.82. The molecular weight excluding hydrogens is 230 g/mol. The molecule has 0 unspecified atom stereocenters. The van der Waals surface area contributed by atoms with Gasteiger partial charge >= 0.3 is 0 Å². The molecular formula is C13H27N3O2. The highest BCUT2D eigenvalue weighted by Gasteiger charge is 2.31. The molecule has 5 nitrogen and oxygen atoms in total. The van der Waals surface area contributed by atoms with E-state index < -0.39 is 6.04 Å². The molecule has 5 heteroatoms. The van der Waals surface area contributed by atoms with Gasteiger partial charge in [-0.1, -0.05) is 20.8 Å². The summed E-state index contributed by atoms with van der Waals surface area (Å²) < 4.78 is 0. The third-order valence-electron chi connectivity index (χ3n) is 3.52. The summed E-state index contributed by atoms with van der Waals surface area (Å²) in [5.41, 5.74) is 5.82. The Morgan fingerprint density at radius 3 is 2.50 bits per heavy atom. The number of carbonyl (C=O) groups is 1. The highest BCUT2D eigenvalue weighted by Crippen LogP contribution is 2.19. The summed E-state index contributed by atoms with van der Waals surface area (Å²) in [6.07, 6.45) is 0.947. The Labute approximate surface area is 110 Å². The molecule has 0 radical (unpaired) electrons. The molecule has 1 atom stereocenters. The zero-order valence-electron chi connectivity index (χ0n) is 11.9. The molecule has 0 spiro atoms. The van der Waals surface area contributed by atoms with E-state index in [0.717, 1.165) is 26.1 Å². The fourth-order valence-corrected chi connectivity index (χ4v) is 2.12. The Bertz CT molecular complexity index is 276. The van der Waals surface area contributed by atoms with Gasteiger partial charge in [-0.25, -0.2) is 0 Å². The van der Waals surface area contributed by atoms with Crippen LogP contribution in [-0.2, 0) is 4.79 Å². The molecule has 0 aromatic carbocycles. The minimum Gasteiger partial charge on any atom is -0.395 e. The molecule has 0 bridgehead atoms. The Balaban J connectivity index is 2.55. The normalized spacial score (nSPS) is 20.6. The third kappa shape index (κ3) is 4.23. The lowest BCUT2D eigenvalue weighted by molar-refractivity contribution is -0.134. The highest BCUT2D eigenvalue weighted by atomic mass is 16.3. The lowest BCUT2D eigenvalue weighted by Crippen LogP contribution is -2.51. The van der Waals surface area contributed by atoms with E-state index in [1.807, 2.05) is 25.7 Å². The second kappa shape index (κ2) is 6.50. The standard InChI is InChI=1S/C13H27N3O2/c1-13(2,3)11(14)12(18)16-6-4-5-15(7-8-16)9-10-17/h11,17H,4-10,14H2,1-3H3/t11-/m1/s1. The summed E-state index contributed by atoms with van der Waals surface area (Å²) in [4.78, 5) is 16.4. The third-order valence-corrected chi connectivity index (χ3v) is 3.52. The van der Waals surface area contributed by atoms with Crippen LogP contribution in [0.5, 0.6) is 0 Å². The molecule has 3 N–H and O–H groups in total. The van der Waals surface area contributed by atoms with Crippen molar-refractivity contribution in [3.05, 3.63) is 0 Å². The van der Waals surface area contributed by atoms with E-state index in [9.17, 15) is 4.79 Å². The average Bonchev–Trinajstić information content (AvgIpc) is 2.52. The molecule has 1 aliphatic rings. The second-order valence-corrected chi connectivity index (χ2v) is 6.09. The van der Waals surface area contributed by atoms with Gasteiger partial charge in [-0.05, 0) is 18.4 Å². The van der Waals surface area contributed by atoms with E-state index in [1.165, 1.54) is 0 Å². The minimum atomic E-state index is -0.443. The van der Waals surface area contributed by atoms with Crippen LogP contribution < -0.4 is 5.73 Å². The Morgan fingerprint density at radius 2 is 1.94 bits per heavy atom. The molecule has 0 aromatic heterocycles. The SMILES string of the molecule is CC(C)(C)[C@H](N)C(=O)N1CCCN(CCO)CC1. The number of nitrogens with two attached hydrogens (primary N) is 1. The van der Waals surface area contributed by atoms with Gasteiger partial charge in [0.2, 0.25) is 5.91 Å². The quantitative estimate of drug-likeness (QED) is 0.740. The van der Waals surface area contributed by atoms with Gasteiger partial charge in [0, 0.05) is 26.2 Å². The van der Waals surface area contributed by atoms with E-state index >= 15 is 0 Å². The maximum absolute atomic E-state index is 12.3. The Morgan fingerprint density at radius 1 is 1.28 bits per heavy atom. The molecule has 0 saturated carbocycles. The van der Waals surface area contributed by atoms with E-state index in [0.29, 0.717) is 13.1 Å². The van der Waals surface area contributed by atoms with Crippen molar-refractivity contribution < 1.29 is 9.90 Å². The molecule has 1 aliphatic heterocycles. The van der Waals surface area contributed by atoms with Crippen molar-refractivity contribution in [2.45, 2.75) is 33.2 Å². The first kappa shape index (κ1) is 15.4. The molecule has 0 aliphatic carbocycles. The summed E-state index contributed by atoms with van der Waals surface area (Å²) in [6.45, 7) is 10.1. The molecule has 1 rings (SSSR count). The van der Waals surface area contributed by atoms with Gasteiger partial charge in [-0.15, -0.1) is 0 Å². The lowest BCUT2D eigenvalue weighted by atomic mass is 9.86. The summed E-state index contributed by atoms with van der Waals surface area (Å²) in [5.74, 6) is 0.0494. The zero-order valence-corrected chi connectivity index (χ0v) is 11.9. The van der Waals surface area contributed by atoms with Crippen LogP contribution in [0.2, 0.25) is 0 Å². The van der Waals surface area contributed by atoms with E-state index in [-0.39, 0.29) is 17.9 Å². The van der Waals surface area contributed by atoms with Crippen molar-refractivity contribution in [1.82, 2.24) is 9.80 Å². The van der Waals surface area contributed by atoms with E-state index in [1.54, 1.807) is 0 Å². The van der Waals surface area contributed by atoms with E-state index in [4.69, 9.17) is 10.8 Å². The van der Waals surface area contributed by atoms with Crippen LogP contribution in [0, 0.1) is 5.41 Å².